The maximum Gasteiger partial charge on any atom is 0.216 e. The zero-order chi connectivity index (χ0) is 13.9. The molecule has 0 bridgehead atoms. The summed E-state index contributed by atoms with van der Waals surface area (Å²) in [6.45, 7) is 0. The summed E-state index contributed by atoms with van der Waals surface area (Å²) in [5.74, 6) is 0.904. The van der Waals surface area contributed by atoms with Crippen molar-refractivity contribution in [3.8, 4) is 16.5 Å². The van der Waals surface area contributed by atoms with E-state index >= 15 is 0 Å². The smallest absolute Gasteiger partial charge is 0.216 e. The third-order valence-corrected chi connectivity index (χ3v) is 3.74. The number of rotatable bonds is 3. The molecule has 2 aromatic heterocycles. The van der Waals surface area contributed by atoms with Gasteiger partial charge in [-0.05, 0) is 53.5 Å². The molecule has 1 aromatic carbocycles. The van der Waals surface area contributed by atoms with Gasteiger partial charge in [-0.3, -0.25) is 0 Å². The van der Waals surface area contributed by atoms with Crippen LogP contribution in [0.5, 0.6) is 5.75 Å². The molecule has 0 saturated heterocycles. The molecule has 5 nitrogen and oxygen atoms in total. The van der Waals surface area contributed by atoms with Crippen LogP contribution < -0.4 is 0 Å². The third-order valence-electron chi connectivity index (χ3n) is 2.61. The Balaban J connectivity index is 1.97. The van der Waals surface area contributed by atoms with Crippen molar-refractivity contribution in [3.05, 3.63) is 52.1 Å². The van der Waals surface area contributed by atoms with Gasteiger partial charge in [0.1, 0.15) is 5.75 Å². The van der Waals surface area contributed by atoms with Gasteiger partial charge in [0.2, 0.25) is 4.77 Å². The Labute approximate surface area is 123 Å². The molecule has 2 heterocycles. The van der Waals surface area contributed by atoms with E-state index in [9.17, 15) is 5.11 Å². The summed E-state index contributed by atoms with van der Waals surface area (Å²) in [4.78, 5) is 0.986. The first-order valence-electron chi connectivity index (χ1n) is 5.79. The van der Waals surface area contributed by atoms with Gasteiger partial charge in [-0.1, -0.05) is 6.07 Å². The number of thiophene rings is 1. The number of aromatic amines is 1. The molecular formula is C13H10N4OS2. The van der Waals surface area contributed by atoms with Crippen LogP contribution in [0, 0.1) is 4.77 Å². The molecule has 0 radical (unpaired) electrons. The van der Waals surface area contributed by atoms with Crippen LogP contribution in [0.25, 0.3) is 10.7 Å². The maximum absolute atomic E-state index is 9.24. The lowest BCUT2D eigenvalue weighted by Gasteiger charge is -1.98. The number of nitrogens with zero attached hydrogens (tertiary/aromatic N) is 3. The lowest BCUT2D eigenvalue weighted by atomic mass is 10.2. The second-order valence-corrected chi connectivity index (χ2v) is 5.31. The van der Waals surface area contributed by atoms with E-state index in [0.717, 1.165) is 10.4 Å². The monoisotopic (exact) mass is 302 g/mol. The molecule has 0 saturated carbocycles. The van der Waals surface area contributed by atoms with Crippen LogP contribution >= 0.6 is 23.6 Å². The van der Waals surface area contributed by atoms with Crippen molar-refractivity contribution in [3.63, 3.8) is 0 Å². The second-order valence-electron chi connectivity index (χ2n) is 3.98. The fraction of sp³-hybridized carbons (Fsp3) is 0. The lowest BCUT2D eigenvalue weighted by molar-refractivity contribution is 0.475. The number of aromatic nitrogens is 3. The summed E-state index contributed by atoms with van der Waals surface area (Å²) < 4.78 is 2.01. The van der Waals surface area contributed by atoms with Gasteiger partial charge in [-0.15, -0.1) is 11.3 Å². The first kappa shape index (κ1) is 12.8. The average molecular weight is 302 g/mol. The van der Waals surface area contributed by atoms with E-state index in [1.165, 1.54) is 0 Å². The molecular weight excluding hydrogens is 292 g/mol. The summed E-state index contributed by atoms with van der Waals surface area (Å²) >= 11 is 6.75. The largest absolute Gasteiger partial charge is 0.508 e. The zero-order valence-electron chi connectivity index (χ0n) is 10.2. The number of phenols is 1. The van der Waals surface area contributed by atoms with Gasteiger partial charge in [0.05, 0.1) is 11.1 Å². The Bertz CT molecular complexity index is 785. The van der Waals surface area contributed by atoms with Crippen molar-refractivity contribution < 1.29 is 5.11 Å². The molecule has 0 atom stereocenters. The summed E-state index contributed by atoms with van der Waals surface area (Å²) in [6.07, 6.45) is 1.67. The topological polar surface area (TPSA) is 66.2 Å². The molecule has 7 heteroatoms. The van der Waals surface area contributed by atoms with Crippen molar-refractivity contribution in [2.45, 2.75) is 0 Å². The van der Waals surface area contributed by atoms with Crippen molar-refractivity contribution in [2.24, 2.45) is 5.10 Å². The molecule has 20 heavy (non-hydrogen) atoms. The highest BCUT2D eigenvalue weighted by Gasteiger charge is 2.08. The minimum absolute atomic E-state index is 0.223. The predicted octanol–water partition coefficient (Wildman–Crippen LogP) is 3.26. The van der Waals surface area contributed by atoms with Gasteiger partial charge in [-0.25, -0.2) is 5.10 Å². The highest BCUT2D eigenvalue weighted by atomic mass is 32.1. The molecule has 3 rings (SSSR count). The van der Waals surface area contributed by atoms with E-state index in [2.05, 4.69) is 15.3 Å². The quantitative estimate of drug-likeness (QED) is 0.576. The summed E-state index contributed by atoms with van der Waals surface area (Å²) in [5, 5.41) is 22.5. The van der Waals surface area contributed by atoms with E-state index in [1.807, 2.05) is 17.5 Å². The first-order chi connectivity index (χ1) is 9.74. The fourth-order valence-electron chi connectivity index (χ4n) is 1.65. The van der Waals surface area contributed by atoms with Crippen LogP contribution in [0.1, 0.15) is 5.56 Å². The summed E-state index contributed by atoms with van der Waals surface area (Å²) in [7, 11) is 0. The number of nitrogens with one attached hydrogen (secondary N) is 1. The lowest BCUT2D eigenvalue weighted by Crippen LogP contribution is -1.93. The highest BCUT2D eigenvalue weighted by molar-refractivity contribution is 7.71. The molecule has 0 unspecified atom stereocenters. The Kier molecular flexibility index (Phi) is 3.44. The van der Waals surface area contributed by atoms with Gasteiger partial charge in [0.25, 0.3) is 0 Å². The molecule has 0 aliphatic carbocycles. The van der Waals surface area contributed by atoms with Crippen LogP contribution in [0.4, 0.5) is 0 Å². The maximum atomic E-state index is 9.24. The van der Waals surface area contributed by atoms with Crippen LogP contribution in [0.15, 0.2) is 46.9 Å². The van der Waals surface area contributed by atoms with Crippen molar-refractivity contribution in [2.75, 3.05) is 0 Å². The molecule has 2 N–H and O–H groups in total. The molecule has 3 aromatic rings. The van der Waals surface area contributed by atoms with Gasteiger partial charge in [0, 0.05) is 0 Å². The van der Waals surface area contributed by atoms with Crippen LogP contribution in [-0.2, 0) is 0 Å². The van der Waals surface area contributed by atoms with Gasteiger partial charge >= 0.3 is 0 Å². The third kappa shape index (κ3) is 2.54. The predicted molar refractivity (Wildman–Crippen MR) is 81.8 cm³/mol. The van der Waals surface area contributed by atoms with Gasteiger partial charge < -0.3 is 5.11 Å². The minimum Gasteiger partial charge on any atom is -0.508 e. The Hall–Kier alpha value is -2.25. The Morgan fingerprint density at radius 1 is 1.30 bits per heavy atom. The molecule has 100 valence electrons. The standard InChI is InChI=1S/C13H10N4OS2/c18-10-5-3-9(4-6-10)8-14-17-12(15-16-13(17)19)11-2-1-7-20-11/h1-8,18H,(H,16,19)/b14-8-. The van der Waals surface area contributed by atoms with E-state index in [-0.39, 0.29) is 5.75 Å². The SMILES string of the molecule is Oc1ccc(/C=N\n2c(-c3cccs3)n[nH]c2=S)cc1. The number of hydrogen-bond donors (Lipinski definition) is 2. The van der Waals surface area contributed by atoms with E-state index in [1.54, 1.807) is 46.5 Å². The van der Waals surface area contributed by atoms with Gasteiger partial charge in [0.15, 0.2) is 5.82 Å². The summed E-state index contributed by atoms with van der Waals surface area (Å²) in [6, 6.07) is 10.7. The molecule has 0 spiro atoms. The highest BCUT2D eigenvalue weighted by Crippen LogP contribution is 2.22. The van der Waals surface area contributed by atoms with E-state index in [4.69, 9.17) is 12.2 Å². The molecule has 0 aliphatic rings. The Morgan fingerprint density at radius 2 is 2.10 bits per heavy atom. The normalized spacial score (nSPS) is 11.2. The van der Waals surface area contributed by atoms with Crippen molar-refractivity contribution >= 4 is 29.8 Å². The molecule has 0 amide bonds. The number of H-pyrrole nitrogens is 1. The van der Waals surface area contributed by atoms with Gasteiger partial charge in [-0.2, -0.15) is 14.9 Å². The average Bonchev–Trinajstić information content (AvgIpc) is 3.08. The second kappa shape index (κ2) is 5.40. The minimum atomic E-state index is 0.223. The summed E-state index contributed by atoms with van der Waals surface area (Å²) in [5.41, 5.74) is 0.864. The fourth-order valence-corrected chi connectivity index (χ4v) is 2.53. The number of phenolic OH excluding ortho intramolecular Hbond substituents is 1. The number of aromatic hydroxyl groups is 1. The number of benzene rings is 1. The molecule has 0 aliphatic heterocycles. The number of hydrogen-bond acceptors (Lipinski definition) is 5. The van der Waals surface area contributed by atoms with Crippen LogP contribution in [-0.4, -0.2) is 26.2 Å². The zero-order valence-corrected chi connectivity index (χ0v) is 11.9. The van der Waals surface area contributed by atoms with Crippen molar-refractivity contribution in [1.29, 1.82) is 0 Å². The van der Waals surface area contributed by atoms with Crippen LogP contribution in [0.2, 0.25) is 0 Å². The molecule has 0 fully saturated rings. The Morgan fingerprint density at radius 3 is 2.80 bits per heavy atom. The van der Waals surface area contributed by atoms with E-state index < -0.39 is 0 Å². The van der Waals surface area contributed by atoms with Crippen LogP contribution in [0.3, 0.4) is 0 Å². The van der Waals surface area contributed by atoms with E-state index in [0.29, 0.717) is 10.6 Å². The first-order valence-corrected chi connectivity index (χ1v) is 7.07. The van der Waals surface area contributed by atoms with Crippen molar-refractivity contribution in [1.82, 2.24) is 14.9 Å².